The van der Waals surface area contributed by atoms with Crippen molar-refractivity contribution in [2.24, 2.45) is 0 Å². The number of aliphatic hydroxyl groups excluding tert-OH is 1. The zero-order valence-electron chi connectivity index (χ0n) is 13.4. The van der Waals surface area contributed by atoms with E-state index in [1.807, 2.05) is 25.1 Å². The van der Waals surface area contributed by atoms with Crippen molar-refractivity contribution in [1.82, 2.24) is 5.32 Å². The first-order valence-electron chi connectivity index (χ1n) is 7.34. The number of ether oxygens (including phenoxy) is 2. The number of aliphatic hydroxyl groups is 1. The zero-order valence-corrected chi connectivity index (χ0v) is 14.2. The quantitative estimate of drug-likeness (QED) is 0.695. The summed E-state index contributed by atoms with van der Waals surface area (Å²) in [5.41, 5.74) is 1.10. The summed E-state index contributed by atoms with van der Waals surface area (Å²) in [5.74, 6) is 2.57. The Balaban J connectivity index is 2.94. The number of rotatable bonds is 10. The maximum Gasteiger partial charge on any atom is 0.123 e. The van der Waals surface area contributed by atoms with E-state index in [1.54, 1.807) is 26.0 Å². The van der Waals surface area contributed by atoms with Crippen molar-refractivity contribution in [1.29, 1.82) is 0 Å². The monoisotopic (exact) mass is 313 g/mol. The highest BCUT2D eigenvalue weighted by molar-refractivity contribution is 7.99. The Hall–Kier alpha value is -0.910. The molecule has 0 bridgehead atoms. The molecule has 2 unspecified atom stereocenters. The molecule has 0 radical (unpaired) electrons. The van der Waals surface area contributed by atoms with Gasteiger partial charge >= 0.3 is 0 Å². The Morgan fingerprint density at radius 3 is 2.62 bits per heavy atom. The molecular weight excluding hydrogens is 286 g/mol. The van der Waals surface area contributed by atoms with Crippen molar-refractivity contribution < 1.29 is 14.6 Å². The Morgan fingerprint density at radius 1 is 1.29 bits per heavy atom. The van der Waals surface area contributed by atoms with Gasteiger partial charge in [0, 0.05) is 22.6 Å². The molecule has 0 aliphatic heterocycles. The van der Waals surface area contributed by atoms with E-state index in [1.165, 1.54) is 0 Å². The molecule has 21 heavy (non-hydrogen) atoms. The summed E-state index contributed by atoms with van der Waals surface area (Å²) < 4.78 is 10.8. The minimum Gasteiger partial charge on any atom is -0.497 e. The molecule has 0 amide bonds. The van der Waals surface area contributed by atoms with Crippen LogP contribution < -0.4 is 14.8 Å². The maximum absolute atomic E-state index is 9.19. The third kappa shape index (κ3) is 5.77. The van der Waals surface area contributed by atoms with Gasteiger partial charge in [0.25, 0.3) is 0 Å². The lowest BCUT2D eigenvalue weighted by Gasteiger charge is -2.22. The van der Waals surface area contributed by atoms with E-state index < -0.39 is 0 Å². The molecule has 0 fully saturated rings. The van der Waals surface area contributed by atoms with Crippen molar-refractivity contribution in [2.75, 3.05) is 33.1 Å². The Bertz CT molecular complexity index is 415. The van der Waals surface area contributed by atoms with Gasteiger partial charge in [-0.25, -0.2) is 0 Å². The summed E-state index contributed by atoms with van der Waals surface area (Å²) in [5, 5.41) is 13.0. The normalized spacial score (nSPS) is 13.8. The molecule has 4 nitrogen and oxygen atoms in total. The topological polar surface area (TPSA) is 50.7 Å². The number of nitrogens with one attached hydrogen (secondary N) is 1. The van der Waals surface area contributed by atoms with Crippen LogP contribution in [0.5, 0.6) is 11.5 Å². The summed E-state index contributed by atoms with van der Waals surface area (Å²) in [4.78, 5) is 0. The first kappa shape index (κ1) is 18.1. The van der Waals surface area contributed by atoms with Gasteiger partial charge < -0.3 is 19.9 Å². The molecule has 1 rings (SSSR count). The largest absolute Gasteiger partial charge is 0.497 e. The van der Waals surface area contributed by atoms with Gasteiger partial charge in [-0.3, -0.25) is 0 Å². The summed E-state index contributed by atoms with van der Waals surface area (Å²) >= 11 is 1.75. The molecular formula is C16H27NO3S. The molecule has 2 atom stereocenters. The molecule has 0 saturated carbocycles. The van der Waals surface area contributed by atoms with Gasteiger partial charge in [-0.05, 0) is 31.2 Å². The SMILES string of the molecule is CCCNC(CSC(C)CO)c1cc(OC)ccc1OC. The summed E-state index contributed by atoms with van der Waals surface area (Å²) in [6.45, 7) is 5.32. The molecule has 0 aromatic heterocycles. The van der Waals surface area contributed by atoms with Crippen LogP contribution in [-0.2, 0) is 0 Å². The lowest BCUT2D eigenvalue weighted by Crippen LogP contribution is -2.25. The first-order valence-corrected chi connectivity index (χ1v) is 8.38. The molecule has 1 aromatic rings. The van der Waals surface area contributed by atoms with Crippen LogP contribution in [0.1, 0.15) is 31.9 Å². The third-order valence-corrected chi connectivity index (χ3v) is 4.50. The van der Waals surface area contributed by atoms with Gasteiger partial charge in [-0.15, -0.1) is 0 Å². The van der Waals surface area contributed by atoms with Crippen molar-refractivity contribution in [3.63, 3.8) is 0 Å². The van der Waals surface area contributed by atoms with Gasteiger partial charge in [0.2, 0.25) is 0 Å². The van der Waals surface area contributed by atoms with Crippen LogP contribution in [-0.4, -0.2) is 43.5 Å². The third-order valence-electron chi connectivity index (χ3n) is 3.26. The van der Waals surface area contributed by atoms with Crippen molar-refractivity contribution in [3.05, 3.63) is 23.8 Å². The molecule has 0 saturated heterocycles. The molecule has 0 heterocycles. The highest BCUT2D eigenvalue weighted by atomic mass is 32.2. The van der Waals surface area contributed by atoms with Crippen LogP contribution in [0.25, 0.3) is 0 Å². The van der Waals surface area contributed by atoms with Gasteiger partial charge in [0.15, 0.2) is 0 Å². The fourth-order valence-electron chi connectivity index (χ4n) is 2.00. The van der Waals surface area contributed by atoms with Crippen LogP contribution in [0.4, 0.5) is 0 Å². The van der Waals surface area contributed by atoms with Gasteiger partial charge in [-0.2, -0.15) is 11.8 Å². The van der Waals surface area contributed by atoms with Crippen LogP contribution in [0.2, 0.25) is 0 Å². The van der Waals surface area contributed by atoms with E-state index in [0.717, 1.165) is 35.8 Å². The summed E-state index contributed by atoms with van der Waals surface area (Å²) in [6.07, 6.45) is 1.07. The van der Waals surface area contributed by atoms with E-state index in [-0.39, 0.29) is 17.9 Å². The second-order valence-electron chi connectivity index (χ2n) is 4.94. The van der Waals surface area contributed by atoms with Crippen LogP contribution in [0.3, 0.4) is 0 Å². The number of methoxy groups -OCH3 is 2. The van der Waals surface area contributed by atoms with E-state index in [9.17, 15) is 5.11 Å². The maximum atomic E-state index is 9.19. The van der Waals surface area contributed by atoms with Gasteiger partial charge in [0.1, 0.15) is 11.5 Å². The fraction of sp³-hybridized carbons (Fsp3) is 0.625. The smallest absolute Gasteiger partial charge is 0.123 e. The van der Waals surface area contributed by atoms with Crippen molar-refractivity contribution in [3.8, 4) is 11.5 Å². The summed E-state index contributed by atoms with van der Waals surface area (Å²) in [7, 11) is 3.36. The molecule has 5 heteroatoms. The lowest BCUT2D eigenvalue weighted by atomic mass is 10.1. The second kappa shape index (κ2) is 9.92. The highest BCUT2D eigenvalue weighted by Crippen LogP contribution is 2.32. The molecule has 0 aliphatic carbocycles. The number of thioether (sulfide) groups is 1. The molecule has 1 aromatic carbocycles. The average molecular weight is 313 g/mol. The Morgan fingerprint density at radius 2 is 2.05 bits per heavy atom. The van der Waals surface area contributed by atoms with Crippen LogP contribution >= 0.6 is 11.8 Å². The van der Waals surface area contributed by atoms with Gasteiger partial charge in [0.05, 0.1) is 20.8 Å². The molecule has 0 aliphatic rings. The van der Waals surface area contributed by atoms with Gasteiger partial charge in [-0.1, -0.05) is 13.8 Å². The van der Waals surface area contributed by atoms with Crippen molar-refractivity contribution in [2.45, 2.75) is 31.6 Å². The highest BCUT2D eigenvalue weighted by Gasteiger charge is 2.18. The molecule has 120 valence electrons. The fourth-order valence-corrected chi connectivity index (χ4v) is 2.93. The lowest BCUT2D eigenvalue weighted by molar-refractivity contribution is 0.300. The first-order chi connectivity index (χ1) is 10.2. The van der Waals surface area contributed by atoms with E-state index in [4.69, 9.17) is 9.47 Å². The van der Waals surface area contributed by atoms with Crippen LogP contribution in [0, 0.1) is 0 Å². The number of hydrogen-bond donors (Lipinski definition) is 2. The van der Waals surface area contributed by atoms with Crippen molar-refractivity contribution >= 4 is 11.8 Å². The second-order valence-corrected chi connectivity index (χ2v) is 6.41. The average Bonchev–Trinajstić information content (AvgIpc) is 2.54. The standard InChI is InChI=1S/C16H27NO3S/c1-5-8-17-15(11-21-12(2)10-18)14-9-13(19-3)6-7-16(14)20-4/h6-7,9,12,15,17-18H,5,8,10-11H2,1-4H3. The molecule has 2 N–H and O–H groups in total. The molecule has 0 spiro atoms. The van der Waals surface area contributed by atoms with E-state index in [0.29, 0.717) is 0 Å². The zero-order chi connectivity index (χ0) is 15.7. The number of benzene rings is 1. The minimum absolute atomic E-state index is 0.175. The summed E-state index contributed by atoms with van der Waals surface area (Å²) in [6, 6.07) is 6.04. The Kier molecular flexibility index (Phi) is 8.57. The predicted octanol–water partition coefficient (Wildman–Crippen LogP) is 2.86. The Labute approximate surface area is 132 Å². The van der Waals surface area contributed by atoms with Crippen LogP contribution in [0.15, 0.2) is 18.2 Å². The minimum atomic E-state index is 0.175. The predicted molar refractivity (Wildman–Crippen MR) is 89.6 cm³/mol. The van der Waals surface area contributed by atoms with E-state index in [2.05, 4.69) is 12.2 Å². The van der Waals surface area contributed by atoms with E-state index >= 15 is 0 Å². The number of hydrogen-bond acceptors (Lipinski definition) is 5.